The van der Waals surface area contributed by atoms with Gasteiger partial charge in [-0.1, -0.05) is 12.1 Å². The molecule has 3 nitrogen and oxygen atoms in total. The van der Waals surface area contributed by atoms with Crippen LogP contribution in [0.1, 0.15) is 18.9 Å². The summed E-state index contributed by atoms with van der Waals surface area (Å²) in [5, 5.41) is 10.4. The summed E-state index contributed by atoms with van der Waals surface area (Å²) in [4.78, 5) is 0. The van der Waals surface area contributed by atoms with Crippen LogP contribution in [0.2, 0.25) is 0 Å². The number of aliphatic hydroxyl groups is 1. The van der Waals surface area contributed by atoms with E-state index in [1.165, 1.54) is 7.11 Å². The summed E-state index contributed by atoms with van der Waals surface area (Å²) < 4.78 is 24.2. The Hall–Kier alpha value is -1.13. The predicted octanol–water partition coefficient (Wildman–Crippen LogP) is 1.92. The lowest BCUT2D eigenvalue weighted by molar-refractivity contribution is -0.0274. The molecular formula is C13H17FO3. The fraction of sp³-hybridized carbons (Fsp3) is 0.538. The van der Waals surface area contributed by atoms with Crippen LogP contribution >= 0.6 is 0 Å². The van der Waals surface area contributed by atoms with E-state index in [1.54, 1.807) is 18.2 Å². The van der Waals surface area contributed by atoms with Crippen LogP contribution in [0.25, 0.3) is 0 Å². The minimum atomic E-state index is -0.979. The van der Waals surface area contributed by atoms with Gasteiger partial charge in [0.2, 0.25) is 0 Å². The monoisotopic (exact) mass is 240 g/mol. The molecule has 1 aromatic rings. The molecule has 0 amide bonds. The minimum absolute atomic E-state index is 0.206. The summed E-state index contributed by atoms with van der Waals surface area (Å²) in [7, 11) is 1.43. The second-order valence-electron chi connectivity index (χ2n) is 4.48. The van der Waals surface area contributed by atoms with Gasteiger partial charge in [-0.05, 0) is 18.6 Å². The van der Waals surface area contributed by atoms with Crippen LogP contribution in [0.15, 0.2) is 18.2 Å². The summed E-state index contributed by atoms with van der Waals surface area (Å²) in [6.07, 6.45) is 0.510. The minimum Gasteiger partial charge on any atom is -0.494 e. The molecule has 0 bridgehead atoms. The summed E-state index contributed by atoms with van der Waals surface area (Å²) in [5.74, 6) is -0.194. The lowest BCUT2D eigenvalue weighted by atomic mass is 9.88. The standard InChI is InChI=1S/C13H17FO3/c1-9-13(15,6-7-17-9)8-10-4-3-5-11(16-2)12(10)14/h3-5,9,15H,6-8H2,1-2H3. The molecule has 2 atom stereocenters. The summed E-state index contributed by atoms with van der Waals surface area (Å²) >= 11 is 0. The number of halogens is 1. The molecule has 1 N–H and O–H groups in total. The van der Waals surface area contributed by atoms with Crippen molar-refractivity contribution < 1.29 is 19.0 Å². The maximum atomic E-state index is 13.9. The average molecular weight is 240 g/mol. The van der Waals surface area contributed by atoms with Crippen LogP contribution in [0, 0.1) is 5.82 Å². The molecule has 0 saturated carbocycles. The zero-order valence-electron chi connectivity index (χ0n) is 10.1. The normalized spacial score (nSPS) is 28.4. The van der Waals surface area contributed by atoms with Gasteiger partial charge in [-0.3, -0.25) is 0 Å². The van der Waals surface area contributed by atoms with Crippen LogP contribution in [-0.2, 0) is 11.2 Å². The third-order valence-electron chi connectivity index (χ3n) is 3.42. The van der Waals surface area contributed by atoms with Crippen molar-refractivity contribution in [2.75, 3.05) is 13.7 Å². The van der Waals surface area contributed by atoms with Crippen molar-refractivity contribution in [2.45, 2.75) is 31.5 Å². The van der Waals surface area contributed by atoms with E-state index >= 15 is 0 Å². The summed E-state index contributed by atoms with van der Waals surface area (Å²) in [6, 6.07) is 4.96. The zero-order chi connectivity index (χ0) is 12.5. The van der Waals surface area contributed by atoms with Crippen molar-refractivity contribution in [1.29, 1.82) is 0 Å². The second kappa shape index (κ2) is 4.63. The first-order chi connectivity index (χ1) is 8.07. The Morgan fingerprint density at radius 3 is 2.94 bits per heavy atom. The molecule has 0 spiro atoms. The van der Waals surface area contributed by atoms with Gasteiger partial charge >= 0.3 is 0 Å². The van der Waals surface area contributed by atoms with Crippen molar-refractivity contribution >= 4 is 0 Å². The average Bonchev–Trinajstić information content (AvgIpc) is 2.62. The molecule has 1 heterocycles. The smallest absolute Gasteiger partial charge is 0.168 e. The topological polar surface area (TPSA) is 38.7 Å². The van der Waals surface area contributed by atoms with Crippen LogP contribution in [-0.4, -0.2) is 30.5 Å². The molecule has 0 radical (unpaired) electrons. The fourth-order valence-corrected chi connectivity index (χ4v) is 2.18. The van der Waals surface area contributed by atoms with E-state index in [1.807, 2.05) is 6.92 Å². The highest BCUT2D eigenvalue weighted by molar-refractivity contribution is 5.32. The third kappa shape index (κ3) is 2.28. The molecule has 2 rings (SSSR count). The van der Waals surface area contributed by atoms with E-state index < -0.39 is 11.4 Å². The van der Waals surface area contributed by atoms with Gasteiger partial charge < -0.3 is 14.6 Å². The molecule has 1 aromatic carbocycles. The quantitative estimate of drug-likeness (QED) is 0.877. The Kier molecular flexibility index (Phi) is 3.35. The van der Waals surface area contributed by atoms with Gasteiger partial charge in [0, 0.05) is 19.4 Å². The summed E-state index contributed by atoms with van der Waals surface area (Å²) in [5.41, 5.74) is -0.517. The number of ether oxygens (including phenoxy) is 2. The third-order valence-corrected chi connectivity index (χ3v) is 3.42. The first-order valence-corrected chi connectivity index (χ1v) is 5.72. The first-order valence-electron chi connectivity index (χ1n) is 5.72. The lowest BCUT2D eigenvalue weighted by Gasteiger charge is -2.26. The molecular weight excluding hydrogens is 223 g/mol. The van der Waals surface area contributed by atoms with Crippen LogP contribution in [0.3, 0.4) is 0 Å². The van der Waals surface area contributed by atoms with Gasteiger partial charge in [-0.15, -0.1) is 0 Å². The molecule has 94 valence electrons. The van der Waals surface area contributed by atoms with Crippen molar-refractivity contribution in [3.8, 4) is 5.75 Å². The molecule has 2 unspecified atom stereocenters. The molecule has 0 aliphatic carbocycles. The van der Waals surface area contributed by atoms with Crippen molar-refractivity contribution in [3.63, 3.8) is 0 Å². The van der Waals surface area contributed by atoms with Gasteiger partial charge in [0.1, 0.15) is 0 Å². The van der Waals surface area contributed by atoms with E-state index in [0.29, 0.717) is 18.6 Å². The highest BCUT2D eigenvalue weighted by Gasteiger charge is 2.40. The largest absolute Gasteiger partial charge is 0.494 e. The van der Waals surface area contributed by atoms with E-state index in [0.717, 1.165) is 0 Å². The van der Waals surface area contributed by atoms with Crippen molar-refractivity contribution in [1.82, 2.24) is 0 Å². The highest BCUT2D eigenvalue weighted by Crippen LogP contribution is 2.31. The maximum Gasteiger partial charge on any atom is 0.168 e. The summed E-state index contributed by atoms with van der Waals surface area (Å²) in [6.45, 7) is 2.33. The van der Waals surface area contributed by atoms with Crippen LogP contribution < -0.4 is 4.74 Å². The molecule has 0 aromatic heterocycles. The van der Waals surface area contributed by atoms with Crippen molar-refractivity contribution in [2.24, 2.45) is 0 Å². The molecule has 1 fully saturated rings. The zero-order valence-corrected chi connectivity index (χ0v) is 10.1. The first kappa shape index (κ1) is 12.3. The number of rotatable bonds is 3. The molecule has 17 heavy (non-hydrogen) atoms. The van der Waals surface area contributed by atoms with Gasteiger partial charge in [0.15, 0.2) is 11.6 Å². The van der Waals surface area contributed by atoms with E-state index in [-0.39, 0.29) is 18.3 Å². The van der Waals surface area contributed by atoms with Gasteiger partial charge in [-0.2, -0.15) is 0 Å². The lowest BCUT2D eigenvalue weighted by Crippen LogP contribution is -2.38. The SMILES string of the molecule is COc1cccc(CC2(O)CCOC2C)c1F. The Balaban J connectivity index is 2.24. The van der Waals surface area contributed by atoms with Gasteiger partial charge in [0.05, 0.1) is 18.8 Å². The molecule has 1 aliphatic heterocycles. The Labute approximate surface area is 100 Å². The predicted molar refractivity (Wildman–Crippen MR) is 61.6 cm³/mol. The van der Waals surface area contributed by atoms with E-state index in [9.17, 15) is 9.50 Å². The maximum absolute atomic E-state index is 13.9. The number of hydrogen-bond donors (Lipinski definition) is 1. The number of hydrogen-bond acceptors (Lipinski definition) is 3. The van der Waals surface area contributed by atoms with Gasteiger partial charge in [0.25, 0.3) is 0 Å². The van der Waals surface area contributed by atoms with Crippen molar-refractivity contribution in [3.05, 3.63) is 29.6 Å². The Bertz CT molecular complexity index is 408. The molecule has 4 heteroatoms. The van der Waals surface area contributed by atoms with Crippen LogP contribution in [0.5, 0.6) is 5.75 Å². The fourth-order valence-electron chi connectivity index (χ4n) is 2.18. The highest BCUT2D eigenvalue weighted by atomic mass is 19.1. The molecule has 1 saturated heterocycles. The van der Waals surface area contributed by atoms with Crippen LogP contribution in [0.4, 0.5) is 4.39 Å². The Morgan fingerprint density at radius 1 is 1.59 bits per heavy atom. The van der Waals surface area contributed by atoms with E-state index in [2.05, 4.69) is 0 Å². The Morgan fingerprint density at radius 2 is 2.35 bits per heavy atom. The molecule has 1 aliphatic rings. The van der Waals surface area contributed by atoms with Gasteiger partial charge in [-0.25, -0.2) is 4.39 Å². The second-order valence-corrected chi connectivity index (χ2v) is 4.48. The number of benzene rings is 1. The van der Waals surface area contributed by atoms with E-state index in [4.69, 9.17) is 9.47 Å². The number of methoxy groups -OCH3 is 1.